The Bertz CT molecular complexity index is 590. The van der Waals surface area contributed by atoms with Crippen molar-refractivity contribution in [2.75, 3.05) is 6.61 Å². The first-order valence-corrected chi connectivity index (χ1v) is 7.77. The van der Waals surface area contributed by atoms with Gasteiger partial charge in [0.2, 0.25) is 0 Å². The van der Waals surface area contributed by atoms with Gasteiger partial charge in [-0.3, -0.25) is 0 Å². The molecule has 112 valence electrons. The van der Waals surface area contributed by atoms with E-state index in [9.17, 15) is 0 Å². The SMILES string of the molecule is CCOc1cccc(CNCc2ccc([C@H]3C[C@@H]3C)o2)c1. The molecule has 1 saturated carbocycles. The lowest BCUT2D eigenvalue weighted by molar-refractivity contribution is 0.340. The Hall–Kier alpha value is -1.74. The highest BCUT2D eigenvalue weighted by Gasteiger charge is 2.36. The normalized spacial score (nSPS) is 20.5. The van der Waals surface area contributed by atoms with Crippen molar-refractivity contribution in [1.29, 1.82) is 0 Å². The van der Waals surface area contributed by atoms with E-state index >= 15 is 0 Å². The molecule has 1 fully saturated rings. The minimum atomic E-state index is 0.654. The van der Waals surface area contributed by atoms with Crippen molar-refractivity contribution in [3.8, 4) is 5.75 Å². The Morgan fingerprint density at radius 1 is 1.24 bits per heavy atom. The third-order valence-corrected chi connectivity index (χ3v) is 4.00. The average molecular weight is 285 g/mol. The van der Waals surface area contributed by atoms with Crippen molar-refractivity contribution in [2.24, 2.45) is 5.92 Å². The molecule has 2 atom stereocenters. The van der Waals surface area contributed by atoms with Gasteiger partial charge >= 0.3 is 0 Å². The summed E-state index contributed by atoms with van der Waals surface area (Å²) in [6.07, 6.45) is 1.27. The molecule has 0 amide bonds. The van der Waals surface area contributed by atoms with Gasteiger partial charge in [0.15, 0.2) is 0 Å². The fourth-order valence-corrected chi connectivity index (χ4v) is 2.65. The van der Waals surface area contributed by atoms with Crippen LogP contribution in [0.2, 0.25) is 0 Å². The second-order valence-corrected chi connectivity index (χ2v) is 5.81. The van der Waals surface area contributed by atoms with Gasteiger partial charge in [-0.1, -0.05) is 19.1 Å². The molecule has 0 bridgehead atoms. The van der Waals surface area contributed by atoms with Gasteiger partial charge in [-0.2, -0.15) is 0 Å². The van der Waals surface area contributed by atoms with Crippen LogP contribution < -0.4 is 10.1 Å². The van der Waals surface area contributed by atoms with Crippen LogP contribution >= 0.6 is 0 Å². The van der Waals surface area contributed by atoms with Crippen LogP contribution in [0.5, 0.6) is 5.75 Å². The van der Waals surface area contributed by atoms with Crippen LogP contribution in [-0.4, -0.2) is 6.61 Å². The highest BCUT2D eigenvalue weighted by Crippen LogP contribution is 2.47. The fourth-order valence-electron chi connectivity index (χ4n) is 2.65. The van der Waals surface area contributed by atoms with E-state index in [0.717, 1.165) is 36.3 Å². The molecule has 0 saturated heterocycles. The van der Waals surface area contributed by atoms with Crippen molar-refractivity contribution in [3.05, 3.63) is 53.5 Å². The maximum Gasteiger partial charge on any atom is 0.119 e. The van der Waals surface area contributed by atoms with Gasteiger partial charge in [-0.05, 0) is 49.1 Å². The molecule has 0 radical (unpaired) electrons. The fraction of sp³-hybridized carbons (Fsp3) is 0.444. The van der Waals surface area contributed by atoms with E-state index in [1.165, 1.54) is 12.0 Å². The molecule has 0 aliphatic heterocycles. The molecule has 0 spiro atoms. The van der Waals surface area contributed by atoms with Crippen LogP contribution in [-0.2, 0) is 13.1 Å². The molecule has 1 heterocycles. The van der Waals surface area contributed by atoms with Crippen LogP contribution in [0.4, 0.5) is 0 Å². The Morgan fingerprint density at radius 2 is 2.10 bits per heavy atom. The topological polar surface area (TPSA) is 34.4 Å². The van der Waals surface area contributed by atoms with Gasteiger partial charge in [0.25, 0.3) is 0 Å². The molecule has 2 aromatic rings. The molecule has 1 aliphatic rings. The summed E-state index contributed by atoms with van der Waals surface area (Å²) in [6, 6.07) is 12.4. The number of benzene rings is 1. The standard InChI is InChI=1S/C18H23NO2/c1-3-20-15-6-4-5-14(10-15)11-19-12-16-7-8-18(21-16)17-9-13(17)2/h4-8,10,13,17,19H,3,9,11-12H2,1-2H3/t13-,17-/m0/s1. The molecule has 1 aliphatic carbocycles. The molecule has 21 heavy (non-hydrogen) atoms. The van der Waals surface area contributed by atoms with Crippen LogP contribution in [0.15, 0.2) is 40.8 Å². The highest BCUT2D eigenvalue weighted by atomic mass is 16.5. The third-order valence-electron chi connectivity index (χ3n) is 4.00. The van der Waals surface area contributed by atoms with Crippen molar-refractivity contribution in [3.63, 3.8) is 0 Å². The first-order chi connectivity index (χ1) is 10.3. The van der Waals surface area contributed by atoms with Gasteiger partial charge in [0.1, 0.15) is 17.3 Å². The number of ether oxygens (including phenoxy) is 1. The second-order valence-electron chi connectivity index (χ2n) is 5.81. The summed E-state index contributed by atoms with van der Waals surface area (Å²) in [5.41, 5.74) is 1.23. The number of hydrogen-bond acceptors (Lipinski definition) is 3. The van der Waals surface area contributed by atoms with Crippen LogP contribution in [0.1, 0.15) is 43.3 Å². The van der Waals surface area contributed by atoms with E-state index in [1.807, 2.05) is 19.1 Å². The Labute approximate surface area is 126 Å². The molecule has 3 nitrogen and oxygen atoms in total. The second kappa shape index (κ2) is 6.35. The van der Waals surface area contributed by atoms with E-state index in [-0.39, 0.29) is 0 Å². The Balaban J connectivity index is 1.49. The monoisotopic (exact) mass is 285 g/mol. The van der Waals surface area contributed by atoms with Crippen molar-refractivity contribution in [2.45, 2.75) is 39.3 Å². The minimum absolute atomic E-state index is 0.654. The number of rotatable bonds is 7. The zero-order valence-corrected chi connectivity index (χ0v) is 12.8. The lowest BCUT2D eigenvalue weighted by atomic mass is 10.2. The largest absolute Gasteiger partial charge is 0.494 e. The molecular weight excluding hydrogens is 262 g/mol. The molecule has 1 aromatic carbocycles. The van der Waals surface area contributed by atoms with E-state index in [1.54, 1.807) is 0 Å². The van der Waals surface area contributed by atoms with Crippen LogP contribution in [0.3, 0.4) is 0 Å². The maximum absolute atomic E-state index is 5.89. The molecular formula is C18H23NO2. The smallest absolute Gasteiger partial charge is 0.119 e. The third kappa shape index (κ3) is 3.67. The lowest BCUT2D eigenvalue weighted by Gasteiger charge is -2.06. The van der Waals surface area contributed by atoms with Gasteiger partial charge < -0.3 is 14.5 Å². The van der Waals surface area contributed by atoms with Crippen LogP contribution in [0.25, 0.3) is 0 Å². The highest BCUT2D eigenvalue weighted by molar-refractivity contribution is 5.28. The summed E-state index contributed by atoms with van der Waals surface area (Å²) in [4.78, 5) is 0. The van der Waals surface area contributed by atoms with Gasteiger partial charge in [-0.15, -0.1) is 0 Å². The van der Waals surface area contributed by atoms with Crippen molar-refractivity contribution in [1.82, 2.24) is 5.32 Å². The Morgan fingerprint density at radius 3 is 2.86 bits per heavy atom. The number of nitrogens with one attached hydrogen (secondary N) is 1. The van der Waals surface area contributed by atoms with Gasteiger partial charge in [-0.25, -0.2) is 0 Å². The van der Waals surface area contributed by atoms with E-state index in [4.69, 9.17) is 9.15 Å². The Kier molecular flexibility index (Phi) is 4.30. The molecule has 1 N–H and O–H groups in total. The summed E-state index contributed by atoms with van der Waals surface area (Å²) < 4.78 is 11.4. The molecule has 3 heteroatoms. The predicted molar refractivity (Wildman–Crippen MR) is 83.4 cm³/mol. The molecule has 0 unspecified atom stereocenters. The average Bonchev–Trinajstić information content (AvgIpc) is 3.02. The maximum atomic E-state index is 5.89. The van der Waals surface area contributed by atoms with Gasteiger partial charge in [0, 0.05) is 12.5 Å². The summed E-state index contributed by atoms with van der Waals surface area (Å²) >= 11 is 0. The first-order valence-electron chi connectivity index (χ1n) is 7.77. The van der Waals surface area contributed by atoms with Crippen molar-refractivity contribution >= 4 is 0 Å². The quantitative estimate of drug-likeness (QED) is 0.832. The number of furan rings is 1. The summed E-state index contributed by atoms with van der Waals surface area (Å²) in [5, 5.41) is 3.42. The van der Waals surface area contributed by atoms with E-state index in [0.29, 0.717) is 12.5 Å². The summed E-state index contributed by atoms with van der Waals surface area (Å²) in [6.45, 7) is 6.55. The van der Waals surface area contributed by atoms with E-state index < -0.39 is 0 Å². The van der Waals surface area contributed by atoms with Crippen LogP contribution in [0, 0.1) is 5.92 Å². The van der Waals surface area contributed by atoms with Gasteiger partial charge in [0.05, 0.1) is 13.2 Å². The zero-order valence-electron chi connectivity index (χ0n) is 12.8. The molecule has 3 rings (SSSR count). The summed E-state index contributed by atoms with van der Waals surface area (Å²) in [5.74, 6) is 4.54. The summed E-state index contributed by atoms with van der Waals surface area (Å²) in [7, 11) is 0. The first kappa shape index (κ1) is 14.2. The molecule has 1 aromatic heterocycles. The van der Waals surface area contributed by atoms with Crippen molar-refractivity contribution < 1.29 is 9.15 Å². The number of hydrogen-bond donors (Lipinski definition) is 1. The predicted octanol–water partition coefficient (Wildman–Crippen LogP) is 4.09. The van der Waals surface area contributed by atoms with E-state index in [2.05, 4.69) is 36.5 Å². The minimum Gasteiger partial charge on any atom is -0.494 e. The zero-order chi connectivity index (χ0) is 14.7. The lowest BCUT2D eigenvalue weighted by Crippen LogP contribution is -2.12.